The molecule has 0 saturated carbocycles. The lowest BCUT2D eigenvalue weighted by Crippen LogP contribution is -2.43. The molecule has 0 atom stereocenters. The molecule has 0 spiro atoms. The summed E-state index contributed by atoms with van der Waals surface area (Å²) in [5.74, 6) is -2.57. The minimum absolute atomic E-state index is 0.190. The number of pyridine rings is 1. The van der Waals surface area contributed by atoms with Crippen molar-refractivity contribution in [3.8, 4) is 11.1 Å². The van der Waals surface area contributed by atoms with E-state index in [4.69, 9.17) is 9.90 Å². The number of nitrogens with zero attached hydrogens (tertiary/aromatic N) is 3. The number of halogens is 3. The SMILES string of the molecule is Cc1cccc(-c2cnc3ccn(CC(=O)N4CCC4)c3c2)c1.O=C(O)C(F)(F)F. The average molecular weight is 419 g/mol. The van der Waals surface area contributed by atoms with Crippen LogP contribution in [0.4, 0.5) is 13.2 Å². The summed E-state index contributed by atoms with van der Waals surface area (Å²) in [7, 11) is 0. The first kappa shape index (κ1) is 21.4. The number of aliphatic carboxylic acids is 1. The third-order valence-electron chi connectivity index (χ3n) is 4.73. The Bertz CT molecular complexity index is 1070. The molecule has 0 aliphatic carbocycles. The summed E-state index contributed by atoms with van der Waals surface area (Å²) in [6, 6.07) is 12.5. The highest BCUT2D eigenvalue weighted by atomic mass is 19.4. The third kappa shape index (κ3) is 4.97. The van der Waals surface area contributed by atoms with Gasteiger partial charge in [0.1, 0.15) is 6.54 Å². The van der Waals surface area contributed by atoms with Gasteiger partial charge >= 0.3 is 12.1 Å². The van der Waals surface area contributed by atoms with Gasteiger partial charge in [-0.1, -0.05) is 29.8 Å². The highest BCUT2D eigenvalue weighted by molar-refractivity contribution is 5.84. The fourth-order valence-electron chi connectivity index (χ4n) is 2.99. The van der Waals surface area contributed by atoms with Gasteiger partial charge in [-0.3, -0.25) is 9.78 Å². The molecule has 30 heavy (non-hydrogen) atoms. The molecule has 9 heteroatoms. The molecule has 1 amide bonds. The summed E-state index contributed by atoms with van der Waals surface area (Å²) in [6.07, 6.45) is -0.106. The van der Waals surface area contributed by atoms with Crippen LogP contribution < -0.4 is 0 Å². The molecular weight excluding hydrogens is 399 g/mol. The largest absolute Gasteiger partial charge is 0.490 e. The van der Waals surface area contributed by atoms with Crippen molar-refractivity contribution in [1.82, 2.24) is 14.5 Å². The number of carboxylic acid groups (broad SMARTS) is 1. The lowest BCUT2D eigenvalue weighted by atomic mass is 10.1. The Kier molecular flexibility index (Phi) is 6.09. The molecule has 0 bridgehead atoms. The van der Waals surface area contributed by atoms with Crippen LogP contribution in [-0.2, 0) is 16.1 Å². The lowest BCUT2D eigenvalue weighted by Gasteiger charge is -2.31. The van der Waals surface area contributed by atoms with Crippen molar-refractivity contribution >= 4 is 22.9 Å². The first-order valence-electron chi connectivity index (χ1n) is 9.25. The van der Waals surface area contributed by atoms with Crippen molar-refractivity contribution in [3.63, 3.8) is 0 Å². The fraction of sp³-hybridized carbons (Fsp3) is 0.286. The van der Waals surface area contributed by atoms with E-state index in [1.54, 1.807) is 0 Å². The van der Waals surface area contributed by atoms with E-state index in [9.17, 15) is 18.0 Å². The zero-order valence-corrected chi connectivity index (χ0v) is 16.2. The van der Waals surface area contributed by atoms with E-state index in [1.807, 2.05) is 27.9 Å². The van der Waals surface area contributed by atoms with E-state index in [0.29, 0.717) is 6.54 Å². The van der Waals surface area contributed by atoms with Gasteiger partial charge in [-0.15, -0.1) is 0 Å². The summed E-state index contributed by atoms with van der Waals surface area (Å²) < 4.78 is 33.7. The summed E-state index contributed by atoms with van der Waals surface area (Å²) in [5, 5.41) is 7.12. The van der Waals surface area contributed by atoms with E-state index in [1.165, 1.54) is 5.56 Å². The first-order chi connectivity index (χ1) is 14.1. The molecule has 1 saturated heterocycles. The molecule has 3 heterocycles. The fourth-order valence-corrected chi connectivity index (χ4v) is 2.99. The third-order valence-corrected chi connectivity index (χ3v) is 4.73. The van der Waals surface area contributed by atoms with Gasteiger partial charge < -0.3 is 14.6 Å². The van der Waals surface area contributed by atoms with Crippen molar-refractivity contribution < 1.29 is 27.9 Å². The number of carboxylic acids is 1. The number of hydrogen-bond donors (Lipinski definition) is 1. The molecule has 0 unspecified atom stereocenters. The van der Waals surface area contributed by atoms with Gasteiger partial charge in [0, 0.05) is 31.0 Å². The number of likely N-dealkylation sites (tertiary alicyclic amines) is 1. The molecule has 0 radical (unpaired) electrons. The minimum atomic E-state index is -5.08. The molecule has 1 aromatic carbocycles. The number of benzene rings is 1. The molecule has 4 rings (SSSR count). The minimum Gasteiger partial charge on any atom is -0.475 e. The zero-order valence-electron chi connectivity index (χ0n) is 16.2. The van der Waals surface area contributed by atoms with Crippen LogP contribution in [0.3, 0.4) is 0 Å². The van der Waals surface area contributed by atoms with E-state index in [-0.39, 0.29) is 5.91 Å². The predicted octanol–water partition coefficient (Wildman–Crippen LogP) is 3.88. The van der Waals surface area contributed by atoms with Gasteiger partial charge in [0.05, 0.1) is 11.0 Å². The lowest BCUT2D eigenvalue weighted by molar-refractivity contribution is -0.192. The van der Waals surface area contributed by atoms with Crippen LogP contribution in [0.5, 0.6) is 0 Å². The highest BCUT2D eigenvalue weighted by Crippen LogP contribution is 2.24. The maximum atomic E-state index is 12.2. The van der Waals surface area contributed by atoms with Crippen molar-refractivity contribution in [2.45, 2.75) is 26.1 Å². The number of amides is 1. The van der Waals surface area contributed by atoms with Crippen LogP contribution in [-0.4, -0.2) is 50.7 Å². The molecular formula is C21H20F3N3O3. The maximum absolute atomic E-state index is 12.2. The van der Waals surface area contributed by atoms with Crippen LogP contribution >= 0.6 is 0 Å². The van der Waals surface area contributed by atoms with Crippen molar-refractivity contribution in [1.29, 1.82) is 0 Å². The Labute approximate surface area is 170 Å². The molecule has 6 nitrogen and oxygen atoms in total. The Morgan fingerprint density at radius 2 is 1.83 bits per heavy atom. The molecule has 1 fully saturated rings. The van der Waals surface area contributed by atoms with E-state index in [0.717, 1.165) is 41.7 Å². The number of aromatic nitrogens is 2. The molecule has 3 aromatic rings. The Morgan fingerprint density at radius 1 is 1.13 bits per heavy atom. The van der Waals surface area contributed by atoms with Gasteiger partial charge in [-0.2, -0.15) is 13.2 Å². The monoisotopic (exact) mass is 419 g/mol. The van der Waals surface area contributed by atoms with Crippen LogP contribution in [0.1, 0.15) is 12.0 Å². The Balaban J connectivity index is 0.000000318. The number of fused-ring (bicyclic) bond motifs is 1. The van der Waals surface area contributed by atoms with Gasteiger partial charge in [-0.05, 0) is 31.0 Å². The second-order valence-electron chi connectivity index (χ2n) is 6.98. The van der Waals surface area contributed by atoms with Crippen molar-refractivity contribution in [2.24, 2.45) is 0 Å². The molecule has 2 aromatic heterocycles. The number of alkyl halides is 3. The summed E-state index contributed by atoms with van der Waals surface area (Å²) in [4.78, 5) is 27.6. The smallest absolute Gasteiger partial charge is 0.475 e. The normalized spacial score (nSPS) is 13.4. The van der Waals surface area contributed by atoms with Crippen LogP contribution in [0.25, 0.3) is 22.2 Å². The van der Waals surface area contributed by atoms with E-state index >= 15 is 0 Å². The van der Waals surface area contributed by atoms with Crippen LogP contribution in [0.15, 0.2) is 48.8 Å². The highest BCUT2D eigenvalue weighted by Gasteiger charge is 2.38. The second kappa shape index (κ2) is 8.56. The first-order valence-corrected chi connectivity index (χ1v) is 9.25. The van der Waals surface area contributed by atoms with Crippen molar-refractivity contribution in [3.05, 3.63) is 54.4 Å². The summed E-state index contributed by atoms with van der Waals surface area (Å²) in [5.41, 5.74) is 5.40. The maximum Gasteiger partial charge on any atom is 0.490 e. The van der Waals surface area contributed by atoms with E-state index < -0.39 is 12.1 Å². The topological polar surface area (TPSA) is 75.4 Å². The quantitative estimate of drug-likeness (QED) is 0.699. The van der Waals surface area contributed by atoms with Crippen LogP contribution in [0, 0.1) is 6.92 Å². The summed E-state index contributed by atoms with van der Waals surface area (Å²) >= 11 is 0. The van der Waals surface area contributed by atoms with Crippen molar-refractivity contribution in [2.75, 3.05) is 13.1 Å². The number of carbonyl (C=O) groups is 2. The molecule has 1 aliphatic heterocycles. The Morgan fingerprint density at radius 3 is 2.40 bits per heavy atom. The zero-order chi connectivity index (χ0) is 21.9. The average Bonchev–Trinajstić information content (AvgIpc) is 3.02. The second-order valence-corrected chi connectivity index (χ2v) is 6.98. The molecule has 1 N–H and O–H groups in total. The number of aryl methyl sites for hydroxylation is 1. The number of rotatable bonds is 3. The van der Waals surface area contributed by atoms with Gasteiger partial charge in [0.25, 0.3) is 0 Å². The Hall–Kier alpha value is -3.36. The van der Waals surface area contributed by atoms with Gasteiger partial charge in [0.2, 0.25) is 5.91 Å². The van der Waals surface area contributed by atoms with Gasteiger partial charge in [0.15, 0.2) is 0 Å². The molecule has 158 valence electrons. The summed E-state index contributed by atoms with van der Waals surface area (Å²) in [6.45, 7) is 4.27. The predicted molar refractivity (Wildman–Crippen MR) is 105 cm³/mol. The molecule has 1 aliphatic rings. The number of hydrogen-bond acceptors (Lipinski definition) is 3. The number of carbonyl (C=O) groups excluding carboxylic acids is 1. The van der Waals surface area contributed by atoms with E-state index in [2.05, 4.69) is 42.2 Å². The van der Waals surface area contributed by atoms with Gasteiger partial charge in [-0.25, -0.2) is 4.79 Å². The standard InChI is InChI=1S/C19H19N3O.C2HF3O2/c1-14-4-2-5-15(10-14)16-11-18-17(20-12-16)6-9-22(18)13-19(23)21-7-3-8-21;3-2(4,5)1(6)7/h2,4-6,9-12H,3,7-8,13H2,1H3;(H,6,7). The van der Waals surface area contributed by atoms with Crippen LogP contribution in [0.2, 0.25) is 0 Å².